The van der Waals surface area contributed by atoms with Gasteiger partial charge in [0.05, 0.1) is 6.04 Å². The van der Waals surface area contributed by atoms with Gasteiger partial charge in [-0.15, -0.1) is 0 Å². The molecule has 0 aliphatic heterocycles. The summed E-state index contributed by atoms with van der Waals surface area (Å²) in [6.07, 6.45) is 2.44. The zero-order chi connectivity index (χ0) is 11.5. The van der Waals surface area contributed by atoms with Crippen LogP contribution in [0.5, 0.6) is 0 Å². The van der Waals surface area contributed by atoms with E-state index < -0.39 is 0 Å². The third-order valence-electron chi connectivity index (χ3n) is 2.16. The van der Waals surface area contributed by atoms with Crippen LogP contribution >= 0.6 is 15.9 Å². The molecule has 0 aromatic carbocycles. The van der Waals surface area contributed by atoms with Gasteiger partial charge in [0.1, 0.15) is 5.69 Å². The lowest BCUT2D eigenvalue weighted by Gasteiger charge is -1.99. The largest absolute Gasteiger partial charge is 0.337 e. The molecule has 0 unspecified atom stereocenters. The fraction of sp³-hybridized carbons (Fsp3) is 0.300. The molecule has 84 valence electrons. The SMILES string of the molecule is CC[C@H](N)c1nc(-c2ccc(Br)cn2)no1. The van der Waals surface area contributed by atoms with E-state index in [4.69, 9.17) is 10.3 Å². The van der Waals surface area contributed by atoms with Crippen molar-refractivity contribution in [2.75, 3.05) is 0 Å². The summed E-state index contributed by atoms with van der Waals surface area (Å²) in [6.45, 7) is 1.96. The Hall–Kier alpha value is -1.27. The molecule has 0 saturated carbocycles. The van der Waals surface area contributed by atoms with Crippen molar-refractivity contribution < 1.29 is 4.52 Å². The second-order valence-electron chi connectivity index (χ2n) is 3.33. The lowest BCUT2D eigenvalue weighted by molar-refractivity contribution is 0.352. The molecule has 2 rings (SSSR count). The highest BCUT2D eigenvalue weighted by Crippen LogP contribution is 2.18. The molecule has 0 bridgehead atoms. The van der Waals surface area contributed by atoms with Crippen LogP contribution in [0.1, 0.15) is 25.3 Å². The van der Waals surface area contributed by atoms with E-state index in [1.807, 2.05) is 19.1 Å². The van der Waals surface area contributed by atoms with E-state index in [2.05, 4.69) is 31.1 Å². The summed E-state index contributed by atoms with van der Waals surface area (Å²) in [6, 6.07) is 3.48. The van der Waals surface area contributed by atoms with Crippen LogP contribution in [-0.4, -0.2) is 15.1 Å². The van der Waals surface area contributed by atoms with Gasteiger partial charge in [-0.1, -0.05) is 12.1 Å². The maximum Gasteiger partial charge on any atom is 0.243 e. The zero-order valence-electron chi connectivity index (χ0n) is 8.72. The molecule has 0 aliphatic carbocycles. The number of nitrogens with two attached hydrogens (primary N) is 1. The van der Waals surface area contributed by atoms with Crippen LogP contribution in [0.25, 0.3) is 11.5 Å². The molecule has 1 atom stereocenters. The Balaban J connectivity index is 2.28. The minimum atomic E-state index is -0.211. The second kappa shape index (κ2) is 4.71. The van der Waals surface area contributed by atoms with Crippen LogP contribution in [0.3, 0.4) is 0 Å². The highest BCUT2D eigenvalue weighted by atomic mass is 79.9. The Bertz CT molecular complexity index is 468. The Labute approximate surface area is 101 Å². The van der Waals surface area contributed by atoms with E-state index in [1.54, 1.807) is 6.20 Å². The number of pyridine rings is 1. The number of nitrogens with zero attached hydrogens (tertiary/aromatic N) is 3. The Morgan fingerprint density at radius 1 is 1.50 bits per heavy atom. The van der Waals surface area contributed by atoms with Crippen LogP contribution in [0, 0.1) is 0 Å². The molecule has 5 nitrogen and oxygen atoms in total. The third kappa shape index (κ3) is 2.28. The van der Waals surface area contributed by atoms with Crippen LogP contribution in [0.2, 0.25) is 0 Å². The summed E-state index contributed by atoms with van der Waals surface area (Å²) in [5.74, 6) is 0.911. The first kappa shape index (κ1) is 11.2. The van der Waals surface area contributed by atoms with Gasteiger partial charge in [-0.25, -0.2) is 0 Å². The number of hydrogen-bond donors (Lipinski definition) is 1. The zero-order valence-corrected chi connectivity index (χ0v) is 10.3. The molecular formula is C10H11BrN4O. The fourth-order valence-electron chi connectivity index (χ4n) is 1.17. The van der Waals surface area contributed by atoms with Gasteiger partial charge in [0.15, 0.2) is 0 Å². The average Bonchev–Trinajstić information content (AvgIpc) is 2.78. The summed E-state index contributed by atoms with van der Waals surface area (Å²) in [7, 11) is 0. The summed E-state index contributed by atoms with van der Waals surface area (Å²) in [5, 5.41) is 3.84. The summed E-state index contributed by atoms with van der Waals surface area (Å²) >= 11 is 3.31. The van der Waals surface area contributed by atoms with Crippen molar-refractivity contribution in [3.05, 3.63) is 28.7 Å². The number of hydrogen-bond acceptors (Lipinski definition) is 5. The van der Waals surface area contributed by atoms with Gasteiger partial charge >= 0.3 is 0 Å². The van der Waals surface area contributed by atoms with Gasteiger partial charge in [0.2, 0.25) is 11.7 Å². The first-order chi connectivity index (χ1) is 7.70. The molecule has 0 spiro atoms. The molecule has 6 heteroatoms. The van der Waals surface area contributed by atoms with E-state index in [0.717, 1.165) is 10.9 Å². The van der Waals surface area contributed by atoms with Crippen molar-refractivity contribution in [1.82, 2.24) is 15.1 Å². The highest BCUT2D eigenvalue weighted by Gasteiger charge is 2.14. The first-order valence-corrected chi connectivity index (χ1v) is 5.71. The topological polar surface area (TPSA) is 77.8 Å². The van der Waals surface area contributed by atoms with Gasteiger partial charge in [-0.3, -0.25) is 4.98 Å². The number of aromatic nitrogens is 3. The molecule has 0 aliphatic rings. The summed E-state index contributed by atoms with van der Waals surface area (Å²) in [4.78, 5) is 8.37. The summed E-state index contributed by atoms with van der Waals surface area (Å²) in [5.41, 5.74) is 6.45. The Morgan fingerprint density at radius 2 is 2.31 bits per heavy atom. The average molecular weight is 283 g/mol. The van der Waals surface area contributed by atoms with Crippen LogP contribution in [0.4, 0.5) is 0 Å². The number of halogens is 1. The van der Waals surface area contributed by atoms with E-state index >= 15 is 0 Å². The molecule has 2 heterocycles. The van der Waals surface area contributed by atoms with E-state index in [-0.39, 0.29) is 6.04 Å². The molecule has 2 aromatic heterocycles. The maximum absolute atomic E-state index is 5.79. The lowest BCUT2D eigenvalue weighted by atomic mass is 10.2. The highest BCUT2D eigenvalue weighted by molar-refractivity contribution is 9.10. The molecule has 0 amide bonds. The fourth-order valence-corrected chi connectivity index (χ4v) is 1.41. The van der Waals surface area contributed by atoms with Crippen LogP contribution in [-0.2, 0) is 0 Å². The van der Waals surface area contributed by atoms with Crippen LogP contribution in [0.15, 0.2) is 27.3 Å². The van der Waals surface area contributed by atoms with E-state index in [9.17, 15) is 0 Å². The van der Waals surface area contributed by atoms with Crippen molar-refractivity contribution in [3.63, 3.8) is 0 Å². The van der Waals surface area contributed by atoms with E-state index in [0.29, 0.717) is 17.4 Å². The third-order valence-corrected chi connectivity index (χ3v) is 2.62. The predicted octanol–water partition coefficient (Wildman–Crippen LogP) is 2.30. The molecule has 0 fully saturated rings. The van der Waals surface area contributed by atoms with Crippen molar-refractivity contribution in [2.45, 2.75) is 19.4 Å². The van der Waals surface area contributed by atoms with Gasteiger partial charge in [0.25, 0.3) is 0 Å². The number of rotatable bonds is 3. The maximum atomic E-state index is 5.79. The van der Waals surface area contributed by atoms with Crippen molar-refractivity contribution in [2.24, 2.45) is 5.73 Å². The molecule has 2 aromatic rings. The normalized spacial score (nSPS) is 12.7. The monoisotopic (exact) mass is 282 g/mol. The molecule has 0 radical (unpaired) electrons. The molecule has 16 heavy (non-hydrogen) atoms. The predicted molar refractivity (Wildman–Crippen MR) is 62.4 cm³/mol. The molecule has 2 N–H and O–H groups in total. The second-order valence-corrected chi connectivity index (χ2v) is 4.25. The Morgan fingerprint density at radius 3 is 2.94 bits per heavy atom. The van der Waals surface area contributed by atoms with E-state index in [1.165, 1.54) is 0 Å². The van der Waals surface area contributed by atoms with Crippen molar-refractivity contribution in [3.8, 4) is 11.5 Å². The van der Waals surface area contributed by atoms with Crippen molar-refractivity contribution >= 4 is 15.9 Å². The van der Waals surface area contributed by atoms with Crippen LogP contribution < -0.4 is 5.73 Å². The van der Waals surface area contributed by atoms with Gasteiger partial charge in [-0.2, -0.15) is 4.98 Å². The molecule has 0 saturated heterocycles. The Kier molecular flexibility index (Phi) is 3.31. The minimum Gasteiger partial charge on any atom is -0.337 e. The lowest BCUT2D eigenvalue weighted by Crippen LogP contribution is -2.08. The smallest absolute Gasteiger partial charge is 0.243 e. The molecular weight excluding hydrogens is 272 g/mol. The van der Waals surface area contributed by atoms with Gasteiger partial charge in [0, 0.05) is 10.7 Å². The quantitative estimate of drug-likeness (QED) is 0.935. The van der Waals surface area contributed by atoms with Crippen molar-refractivity contribution in [1.29, 1.82) is 0 Å². The first-order valence-electron chi connectivity index (χ1n) is 4.92. The minimum absolute atomic E-state index is 0.211. The summed E-state index contributed by atoms with van der Waals surface area (Å²) < 4.78 is 5.97. The van der Waals surface area contributed by atoms with Gasteiger partial charge in [-0.05, 0) is 34.5 Å². The van der Waals surface area contributed by atoms with Gasteiger partial charge < -0.3 is 10.3 Å². The standard InChI is InChI=1S/C10H11BrN4O/c1-2-7(12)10-14-9(15-16-10)8-4-3-6(11)5-13-8/h3-5,7H,2,12H2,1H3/t7-/m0/s1.